The summed E-state index contributed by atoms with van der Waals surface area (Å²) in [6, 6.07) is 11.3. The molecule has 3 rings (SSSR count). The highest BCUT2D eigenvalue weighted by atomic mass is 32.2. The third-order valence-corrected chi connectivity index (χ3v) is 7.07. The smallest absolute Gasteiger partial charge is 0.264 e. The first-order valence-electron chi connectivity index (χ1n) is 12.0. The molecule has 10 heteroatoms. The lowest BCUT2D eigenvalue weighted by atomic mass is 9.99. The standard InChI is InChI=1S/C27H34N4O5S/c1-16(2)13-21(28)15-36-26-25(35-6)24(23-17(3)9-7-10-18(23)4)29-27(30-26)31-37(33,34)22-12-8-11-20(14-22)19(5)32/h7-12,14,16,21H,13,15,28H2,1-6H3,(H,29,30,31)/t21-/m1/s1. The molecule has 0 saturated heterocycles. The molecule has 198 valence electrons. The maximum atomic E-state index is 13.2. The Bertz CT molecular complexity index is 1370. The van der Waals surface area contributed by atoms with Crippen LogP contribution in [0.15, 0.2) is 47.4 Å². The van der Waals surface area contributed by atoms with Gasteiger partial charge in [-0.2, -0.15) is 4.98 Å². The van der Waals surface area contributed by atoms with Crippen molar-refractivity contribution in [3.63, 3.8) is 0 Å². The molecule has 2 aromatic carbocycles. The largest absolute Gasteiger partial charge is 0.490 e. The predicted molar refractivity (Wildman–Crippen MR) is 144 cm³/mol. The van der Waals surface area contributed by atoms with Crippen molar-refractivity contribution in [2.75, 3.05) is 18.4 Å². The zero-order valence-electron chi connectivity index (χ0n) is 22.0. The average Bonchev–Trinajstić information content (AvgIpc) is 2.82. The number of nitrogens with zero attached hydrogens (tertiary/aromatic N) is 2. The van der Waals surface area contributed by atoms with Crippen molar-refractivity contribution in [1.82, 2.24) is 9.97 Å². The molecule has 0 spiro atoms. The van der Waals surface area contributed by atoms with E-state index >= 15 is 0 Å². The molecule has 0 aliphatic rings. The van der Waals surface area contributed by atoms with Gasteiger partial charge in [-0.3, -0.25) is 4.79 Å². The number of carbonyl (C=O) groups excluding carboxylic acids is 1. The number of ketones is 1. The van der Waals surface area contributed by atoms with E-state index in [1.54, 1.807) is 6.07 Å². The van der Waals surface area contributed by atoms with Crippen molar-refractivity contribution < 1.29 is 22.7 Å². The van der Waals surface area contributed by atoms with Crippen molar-refractivity contribution in [2.45, 2.75) is 52.0 Å². The van der Waals surface area contributed by atoms with Gasteiger partial charge < -0.3 is 15.2 Å². The van der Waals surface area contributed by atoms with Crippen LogP contribution in [0.3, 0.4) is 0 Å². The van der Waals surface area contributed by atoms with E-state index in [0.29, 0.717) is 11.6 Å². The molecule has 0 aliphatic carbocycles. The minimum absolute atomic E-state index is 0.0737. The van der Waals surface area contributed by atoms with Gasteiger partial charge in [-0.25, -0.2) is 18.1 Å². The number of hydrogen-bond donors (Lipinski definition) is 2. The molecule has 9 nitrogen and oxygen atoms in total. The second kappa shape index (κ2) is 11.7. The average molecular weight is 527 g/mol. The van der Waals surface area contributed by atoms with Crippen LogP contribution < -0.4 is 19.9 Å². The summed E-state index contributed by atoms with van der Waals surface area (Å²) in [5.41, 5.74) is 9.49. The van der Waals surface area contributed by atoms with E-state index in [9.17, 15) is 13.2 Å². The van der Waals surface area contributed by atoms with Crippen LogP contribution >= 0.6 is 0 Å². The maximum absolute atomic E-state index is 13.2. The lowest BCUT2D eigenvalue weighted by Gasteiger charge is -2.19. The number of anilines is 1. The molecule has 0 radical (unpaired) electrons. The van der Waals surface area contributed by atoms with Crippen molar-refractivity contribution in [1.29, 1.82) is 0 Å². The first-order chi connectivity index (χ1) is 17.4. The monoisotopic (exact) mass is 526 g/mol. The number of nitrogens with two attached hydrogens (primary N) is 1. The summed E-state index contributed by atoms with van der Waals surface area (Å²) < 4.78 is 40.5. The van der Waals surface area contributed by atoms with Gasteiger partial charge in [0, 0.05) is 17.2 Å². The minimum atomic E-state index is -4.12. The Morgan fingerprint density at radius 2 is 1.73 bits per heavy atom. The zero-order chi connectivity index (χ0) is 27.3. The summed E-state index contributed by atoms with van der Waals surface area (Å²) in [6.45, 7) is 9.53. The third kappa shape index (κ3) is 6.84. The molecular weight excluding hydrogens is 492 g/mol. The quantitative estimate of drug-likeness (QED) is 0.348. The molecular formula is C27H34N4O5S. The molecule has 3 N–H and O–H groups in total. The summed E-state index contributed by atoms with van der Waals surface area (Å²) >= 11 is 0. The van der Waals surface area contributed by atoms with Gasteiger partial charge in [-0.1, -0.05) is 44.2 Å². The Hall–Kier alpha value is -3.50. The molecule has 0 fully saturated rings. The van der Waals surface area contributed by atoms with Gasteiger partial charge in [0.25, 0.3) is 15.9 Å². The van der Waals surface area contributed by atoms with Gasteiger partial charge in [0.2, 0.25) is 11.7 Å². The van der Waals surface area contributed by atoms with Crippen LogP contribution in [0, 0.1) is 19.8 Å². The highest BCUT2D eigenvalue weighted by Crippen LogP contribution is 2.39. The van der Waals surface area contributed by atoms with E-state index in [1.165, 1.54) is 32.2 Å². The van der Waals surface area contributed by atoms with Crippen LogP contribution in [0.25, 0.3) is 11.3 Å². The van der Waals surface area contributed by atoms with Gasteiger partial charge in [0.15, 0.2) is 5.78 Å². The van der Waals surface area contributed by atoms with Gasteiger partial charge in [0.05, 0.1) is 12.0 Å². The third-order valence-electron chi connectivity index (χ3n) is 5.74. The van der Waals surface area contributed by atoms with Crippen LogP contribution in [-0.4, -0.2) is 43.9 Å². The summed E-state index contributed by atoms with van der Waals surface area (Å²) in [5.74, 6) is 0.284. The number of carbonyl (C=O) groups is 1. The highest BCUT2D eigenvalue weighted by Gasteiger charge is 2.24. The van der Waals surface area contributed by atoms with E-state index < -0.39 is 10.0 Å². The number of ether oxygens (including phenoxy) is 2. The minimum Gasteiger partial charge on any atom is -0.490 e. The predicted octanol–water partition coefficient (Wildman–Crippen LogP) is 4.52. The molecule has 0 amide bonds. The van der Waals surface area contributed by atoms with Crippen molar-refractivity contribution >= 4 is 21.8 Å². The van der Waals surface area contributed by atoms with Crippen molar-refractivity contribution in [3.05, 3.63) is 59.2 Å². The molecule has 0 aliphatic heterocycles. The van der Waals surface area contributed by atoms with E-state index in [0.717, 1.165) is 23.1 Å². The van der Waals surface area contributed by atoms with E-state index in [-0.39, 0.29) is 46.5 Å². The molecule has 1 heterocycles. The normalized spacial score (nSPS) is 12.3. The lowest BCUT2D eigenvalue weighted by Crippen LogP contribution is -2.29. The number of aromatic nitrogens is 2. The second-order valence-electron chi connectivity index (χ2n) is 9.39. The number of sulfonamides is 1. The molecule has 3 aromatic rings. The Kier molecular flexibility index (Phi) is 8.88. The van der Waals surface area contributed by atoms with Gasteiger partial charge >= 0.3 is 0 Å². The number of methoxy groups -OCH3 is 1. The Labute approximate surface area is 218 Å². The number of rotatable bonds is 11. The molecule has 0 bridgehead atoms. The number of benzene rings is 2. The van der Waals surface area contributed by atoms with Crippen LogP contribution in [0.4, 0.5) is 5.95 Å². The second-order valence-corrected chi connectivity index (χ2v) is 11.1. The number of hydrogen-bond acceptors (Lipinski definition) is 8. The fraction of sp³-hybridized carbons (Fsp3) is 0.370. The van der Waals surface area contributed by atoms with Gasteiger partial charge in [-0.05, 0) is 56.4 Å². The van der Waals surface area contributed by atoms with Crippen LogP contribution in [0.5, 0.6) is 11.6 Å². The van der Waals surface area contributed by atoms with Crippen molar-refractivity contribution in [2.24, 2.45) is 11.7 Å². The van der Waals surface area contributed by atoms with Crippen LogP contribution in [0.1, 0.15) is 48.7 Å². The van der Waals surface area contributed by atoms with Crippen LogP contribution in [-0.2, 0) is 10.0 Å². The molecule has 1 aromatic heterocycles. The summed E-state index contributed by atoms with van der Waals surface area (Å²) in [7, 11) is -2.64. The number of aryl methyl sites for hydroxylation is 2. The van der Waals surface area contributed by atoms with E-state index in [2.05, 4.69) is 28.5 Å². The molecule has 1 atom stereocenters. The van der Waals surface area contributed by atoms with Gasteiger partial charge in [-0.15, -0.1) is 0 Å². The summed E-state index contributed by atoms with van der Waals surface area (Å²) in [6.07, 6.45) is 0.739. The van der Waals surface area contributed by atoms with Gasteiger partial charge in [0.1, 0.15) is 12.3 Å². The summed E-state index contributed by atoms with van der Waals surface area (Å²) in [5, 5.41) is 0. The molecule has 37 heavy (non-hydrogen) atoms. The SMILES string of the molecule is COc1c(OC[C@H](N)CC(C)C)nc(NS(=O)(=O)c2cccc(C(C)=O)c2)nc1-c1c(C)cccc1C. The lowest BCUT2D eigenvalue weighted by molar-refractivity contribution is 0.101. The Morgan fingerprint density at radius 1 is 1.08 bits per heavy atom. The first-order valence-corrected chi connectivity index (χ1v) is 13.5. The fourth-order valence-electron chi connectivity index (χ4n) is 4.04. The highest BCUT2D eigenvalue weighted by molar-refractivity contribution is 7.92. The van der Waals surface area contributed by atoms with Crippen LogP contribution in [0.2, 0.25) is 0 Å². The fourth-order valence-corrected chi connectivity index (χ4v) is 5.02. The van der Waals surface area contributed by atoms with Crippen molar-refractivity contribution in [3.8, 4) is 22.9 Å². The van der Waals surface area contributed by atoms with E-state index in [4.69, 9.17) is 15.2 Å². The van der Waals surface area contributed by atoms with E-state index in [1.807, 2.05) is 32.0 Å². The first kappa shape index (κ1) is 28.1. The maximum Gasteiger partial charge on any atom is 0.264 e. The summed E-state index contributed by atoms with van der Waals surface area (Å²) in [4.78, 5) is 20.6. The number of nitrogens with one attached hydrogen (secondary N) is 1. The molecule has 0 saturated carbocycles. The number of Topliss-reactive ketones (excluding diaryl/α,β-unsaturated/α-hetero) is 1. The Morgan fingerprint density at radius 3 is 2.32 bits per heavy atom. The zero-order valence-corrected chi connectivity index (χ0v) is 22.8. The molecule has 0 unspecified atom stereocenters. The topological polar surface area (TPSA) is 134 Å². The Balaban J connectivity index is 2.12.